The minimum absolute atomic E-state index is 0. The van der Waals surface area contributed by atoms with E-state index in [4.69, 9.17) is 4.74 Å². The number of methoxy groups -OCH3 is 1. The standard InChI is InChI=1S/C23H31AsN3O2.2ClH/c1-24-20-8-5-16(6-9-20)23(28)26-15-19-13-17(7-10-21(19)29-4)18-11-12-25-22(14-18)27(2)3;;/h7,10-14,16,20H,5-6,8-9,15H2,1-4H3,(H,26,28);2*1H. The molecule has 1 aromatic heterocycles. The number of anilines is 1. The molecule has 0 spiro atoms. The van der Waals surface area contributed by atoms with E-state index in [2.05, 4.69) is 28.1 Å². The van der Waals surface area contributed by atoms with Gasteiger partial charge in [-0.3, -0.25) is 0 Å². The number of nitrogens with zero attached hydrogens (tertiary/aromatic N) is 2. The van der Waals surface area contributed by atoms with E-state index in [1.807, 2.05) is 43.4 Å². The zero-order valence-corrected chi connectivity index (χ0v) is 22.1. The number of pyridine rings is 1. The Kier molecular flexibility index (Phi) is 11.8. The molecule has 3 rings (SSSR count). The predicted molar refractivity (Wildman–Crippen MR) is 134 cm³/mol. The quantitative estimate of drug-likeness (QED) is 0.513. The number of ether oxygens (including phenoxy) is 1. The van der Waals surface area contributed by atoms with Crippen LogP contribution in [0.4, 0.5) is 5.82 Å². The van der Waals surface area contributed by atoms with Crippen molar-refractivity contribution in [1.82, 2.24) is 10.3 Å². The van der Waals surface area contributed by atoms with Crippen molar-refractivity contribution >= 4 is 52.3 Å². The molecular weight excluding hydrogens is 496 g/mol. The third-order valence-electron chi connectivity index (χ3n) is 5.70. The molecule has 1 aliphatic carbocycles. The van der Waals surface area contributed by atoms with E-state index in [9.17, 15) is 4.79 Å². The second kappa shape index (κ2) is 13.2. The number of nitrogens with one attached hydrogen (secondary N) is 1. The van der Waals surface area contributed by atoms with Crippen LogP contribution in [-0.2, 0) is 11.3 Å². The fraction of sp³-hybridized carbons (Fsp3) is 0.478. The van der Waals surface area contributed by atoms with Gasteiger partial charge in [-0.15, -0.1) is 24.8 Å². The van der Waals surface area contributed by atoms with Crippen molar-refractivity contribution in [1.29, 1.82) is 0 Å². The molecule has 0 atom stereocenters. The first kappa shape index (κ1) is 27.6. The number of hydrogen-bond donors (Lipinski definition) is 1. The number of benzene rings is 1. The van der Waals surface area contributed by atoms with Crippen molar-refractivity contribution in [2.24, 2.45) is 5.92 Å². The largest absolute Gasteiger partial charge is 0.147 e. The third-order valence-corrected chi connectivity index (χ3v) is 8.32. The van der Waals surface area contributed by atoms with Gasteiger partial charge in [-0.2, -0.15) is 0 Å². The molecule has 1 heterocycles. The van der Waals surface area contributed by atoms with Gasteiger partial charge in [0.15, 0.2) is 0 Å². The number of hydrogen-bond acceptors (Lipinski definition) is 4. The smallest absolute Gasteiger partial charge is 0.147 e. The number of carbonyl (C=O) groups excluding carboxylic acids is 1. The summed E-state index contributed by atoms with van der Waals surface area (Å²) in [5.74, 6) is 2.06. The summed E-state index contributed by atoms with van der Waals surface area (Å²) in [6.07, 6.45) is 6.31. The van der Waals surface area contributed by atoms with Crippen LogP contribution in [0.1, 0.15) is 31.2 Å². The van der Waals surface area contributed by atoms with Crippen LogP contribution in [0, 0.1) is 5.92 Å². The molecule has 1 amide bonds. The van der Waals surface area contributed by atoms with Crippen molar-refractivity contribution in [3.63, 3.8) is 0 Å². The molecule has 0 aliphatic heterocycles. The van der Waals surface area contributed by atoms with E-state index in [-0.39, 0.29) is 36.6 Å². The van der Waals surface area contributed by atoms with E-state index >= 15 is 0 Å². The molecule has 0 unspecified atom stereocenters. The van der Waals surface area contributed by atoms with Crippen molar-refractivity contribution in [3.8, 4) is 16.9 Å². The number of halogens is 2. The van der Waals surface area contributed by atoms with Gasteiger partial charge in [0.25, 0.3) is 0 Å². The van der Waals surface area contributed by atoms with Crippen LogP contribution < -0.4 is 15.0 Å². The average Bonchev–Trinajstić information content (AvgIpc) is 2.77. The Balaban J connectivity index is 0.00000240. The fourth-order valence-corrected chi connectivity index (χ4v) is 5.57. The van der Waals surface area contributed by atoms with Crippen LogP contribution in [0.15, 0.2) is 36.5 Å². The van der Waals surface area contributed by atoms with E-state index < -0.39 is 0 Å². The Hall–Kier alpha value is -1.42. The van der Waals surface area contributed by atoms with E-state index in [0.29, 0.717) is 22.3 Å². The molecule has 171 valence electrons. The van der Waals surface area contributed by atoms with Gasteiger partial charge in [-0.25, -0.2) is 4.98 Å². The van der Waals surface area contributed by atoms with Crippen molar-refractivity contribution in [3.05, 3.63) is 42.1 Å². The first-order valence-corrected chi connectivity index (χ1v) is 13.1. The summed E-state index contributed by atoms with van der Waals surface area (Å²) in [4.78, 5) is 19.1. The van der Waals surface area contributed by atoms with Gasteiger partial charge < -0.3 is 4.90 Å². The Labute approximate surface area is 205 Å². The molecule has 0 saturated heterocycles. The van der Waals surface area contributed by atoms with Crippen molar-refractivity contribution < 1.29 is 9.53 Å². The maximum absolute atomic E-state index is 12.7. The summed E-state index contributed by atoms with van der Waals surface area (Å²) in [6, 6.07) is 10.2. The minimum atomic E-state index is 0. The van der Waals surface area contributed by atoms with Crippen molar-refractivity contribution in [2.45, 2.75) is 42.6 Å². The normalized spacial score (nSPS) is 18.1. The Morgan fingerprint density at radius 2 is 1.81 bits per heavy atom. The monoisotopic (exact) mass is 528 g/mol. The number of aromatic nitrogens is 1. The first-order chi connectivity index (χ1) is 14.0. The van der Waals surface area contributed by atoms with Crippen LogP contribution in [0.3, 0.4) is 0 Å². The topological polar surface area (TPSA) is 54.5 Å². The molecule has 5 nitrogen and oxygen atoms in total. The molecule has 2 aromatic rings. The molecule has 8 heteroatoms. The van der Waals surface area contributed by atoms with E-state index in [1.54, 1.807) is 7.11 Å². The van der Waals surface area contributed by atoms with Crippen molar-refractivity contribution in [2.75, 3.05) is 26.1 Å². The zero-order chi connectivity index (χ0) is 20.8. The summed E-state index contributed by atoms with van der Waals surface area (Å²) < 4.78 is 6.42. The van der Waals surface area contributed by atoms with Crippen LogP contribution >= 0.6 is 24.8 Å². The molecule has 1 N–H and O–H groups in total. The molecule has 1 aromatic carbocycles. The minimum Gasteiger partial charge on any atom is -0.147 e. The van der Waals surface area contributed by atoms with Gasteiger partial charge in [-0.1, -0.05) is 0 Å². The summed E-state index contributed by atoms with van der Waals surface area (Å²) in [5.41, 5.74) is 5.52. The summed E-state index contributed by atoms with van der Waals surface area (Å²) in [6.45, 7) is 0.487. The Bertz CT molecular complexity index is 843. The summed E-state index contributed by atoms with van der Waals surface area (Å²) in [7, 11) is 5.64. The van der Waals surface area contributed by atoms with Gasteiger partial charge in [0.2, 0.25) is 0 Å². The third kappa shape index (κ3) is 7.30. The molecule has 1 fully saturated rings. The summed E-state index contributed by atoms with van der Waals surface area (Å²) in [5, 5.41) is 3.15. The summed E-state index contributed by atoms with van der Waals surface area (Å²) >= 11 is 0.442. The van der Waals surface area contributed by atoms with Gasteiger partial charge in [0.05, 0.1) is 0 Å². The first-order valence-electron chi connectivity index (χ1n) is 10.2. The predicted octanol–water partition coefficient (Wildman–Crippen LogP) is 5.01. The number of rotatable bonds is 7. The molecule has 1 aliphatic rings. The second-order valence-electron chi connectivity index (χ2n) is 7.81. The Morgan fingerprint density at radius 1 is 1.13 bits per heavy atom. The molecule has 0 bridgehead atoms. The number of amides is 1. The van der Waals surface area contributed by atoms with Crippen LogP contribution in [0.5, 0.6) is 5.75 Å². The second-order valence-corrected chi connectivity index (χ2v) is 10.4. The molecule has 1 radical (unpaired) electrons. The Morgan fingerprint density at radius 3 is 2.42 bits per heavy atom. The van der Waals surface area contributed by atoms with Gasteiger partial charge in [0, 0.05) is 20.3 Å². The zero-order valence-electron chi connectivity index (χ0n) is 18.6. The maximum Gasteiger partial charge on any atom is -0.147 e. The van der Waals surface area contributed by atoms with Crippen LogP contribution in [-0.4, -0.2) is 47.8 Å². The number of carbonyl (C=O) groups is 1. The van der Waals surface area contributed by atoms with E-state index in [0.717, 1.165) is 45.8 Å². The SMILES string of the molecule is COc1ccc(-c2ccnc(N(C)C)c2)cc1CNC(=O)C1CCC([As]C)CC1.Cl.Cl. The van der Waals surface area contributed by atoms with Crippen LogP contribution in [0.2, 0.25) is 10.4 Å². The van der Waals surface area contributed by atoms with E-state index in [1.165, 1.54) is 12.8 Å². The molecule has 31 heavy (non-hydrogen) atoms. The van der Waals surface area contributed by atoms with Gasteiger partial charge in [0.1, 0.15) is 5.82 Å². The average molecular weight is 529 g/mol. The van der Waals surface area contributed by atoms with Crippen LogP contribution in [0.25, 0.3) is 11.1 Å². The molecule has 1 saturated carbocycles. The van der Waals surface area contributed by atoms with Gasteiger partial charge >= 0.3 is 145 Å². The van der Waals surface area contributed by atoms with Gasteiger partial charge in [-0.05, 0) is 0 Å². The maximum atomic E-state index is 12.7. The fourth-order valence-electron chi connectivity index (χ4n) is 3.86. The molecular formula is C23H33AsCl2N3O2.